The van der Waals surface area contributed by atoms with Gasteiger partial charge >= 0.3 is 0 Å². The van der Waals surface area contributed by atoms with Gasteiger partial charge < -0.3 is 15.4 Å². The molecule has 0 amide bonds. The fraction of sp³-hybridized carbons (Fsp3) is 0.462. The van der Waals surface area contributed by atoms with Crippen molar-refractivity contribution in [2.75, 3.05) is 25.2 Å². The Morgan fingerprint density at radius 1 is 1.56 bits per heavy atom. The van der Waals surface area contributed by atoms with Crippen molar-refractivity contribution in [3.63, 3.8) is 0 Å². The molecule has 1 aromatic carbocycles. The number of hydrogen-bond donors (Lipinski definition) is 1. The summed E-state index contributed by atoms with van der Waals surface area (Å²) in [6, 6.07) is 5.09. The topological polar surface area (TPSA) is 38.5 Å². The highest BCUT2D eigenvalue weighted by molar-refractivity contribution is 7.80. The molecule has 1 aliphatic carbocycles. The molecule has 98 valence electrons. The average molecular weight is 268 g/mol. The molecule has 1 aromatic rings. The molecule has 0 aromatic heterocycles. The minimum Gasteiger partial charge on any atom is -0.389 e. The van der Waals surface area contributed by atoms with Crippen LogP contribution in [0.15, 0.2) is 18.2 Å². The van der Waals surface area contributed by atoms with Crippen molar-refractivity contribution in [3.05, 3.63) is 29.6 Å². The largest absolute Gasteiger partial charge is 0.389 e. The Kier molecular flexibility index (Phi) is 4.14. The predicted octanol–water partition coefficient (Wildman–Crippen LogP) is 2.08. The molecule has 0 aliphatic heterocycles. The maximum atomic E-state index is 13.3. The molecule has 1 saturated carbocycles. The molecule has 1 aliphatic rings. The van der Waals surface area contributed by atoms with Crippen molar-refractivity contribution in [1.29, 1.82) is 0 Å². The maximum absolute atomic E-state index is 13.3. The summed E-state index contributed by atoms with van der Waals surface area (Å²) in [5.74, 6) is -0.316. The Labute approximate surface area is 112 Å². The molecule has 0 spiro atoms. The zero-order chi connectivity index (χ0) is 13.1. The van der Waals surface area contributed by atoms with Gasteiger partial charge in [-0.3, -0.25) is 0 Å². The number of nitrogens with zero attached hydrogens (tertiary/aromatic N) is 1. The van der Waals surface area contributed by atoms with E-state index in [4.69, 9.17) is 22.7 Å². The zero-order valence-electron chi connectivity index (χ0n) is 10.4. The summed E-state index contributed by atoms with van der Waals surface area (Å²) in [6.07, 6.45) is 2.30. The van der Waals surface area contributed by atoms with E-state index in [0.29, 0.717) is 18.2 Å². The van der Waals surface area contributed by atoms with Gasteiger partial charge in [0.2, 0.25) is 0 Å². The summed E-state index contributed by atoms with van der Waals surface area (Å²) in [7, 11) is 1.67. The fourth-order valence-electron chi connectivity index (χ4n) is 2.03. The Bertz CT molecular complexity index is 449. The minimum absolute atomic E-state index is 0.229. The molecule has 5 heteroatoms. The molecule has 0 radical (unpaired) electrons. The van der Waals surface area contributed by atoms with E-state index in [-0.39, 0.29) is 10.8 Å². The normalized spacial score (nSPS) is 14.6. The third-order valence-corrected chi connectivity index (χ3v) is 3.28. The van der Waals surface area contributed by atoms with E-state index in [1.54, 1.807) is 13.2 Å². The molecular formula is C13H17FN2OS. The summed E-state index contributed by atoms with van der Waals surface area (Å²) in [6.45, 7) is 1.40. The molecule has 2 N–H and O–H groups in total. The number of rotatable bonds is 6. The van der Waals surface area contributed by atoms with Crippen LogP contribution in [0.2, 0.25) is 0 Å². The summed E-state index contributed by atoms with van der Waals surface area (Å²) < 4.78 is 18.4. The van der Waals surface area contributed by atoms with Crippen molar-refractivity contribution in [1.82, 2.24) is 0 Å². The van der Waals surface area contributed by atoms with Gasteiger partial charge in [0.25, 0.3) is 0 Å². The van der Waals surface area contributed by atoms with Crippen molar-refractivity contribution in [2.24, 2.45) is 5.73 Å². The maximum Gasteiger partial charge on any atom is 0.124 e. The fourth-order valence-corrected chi connectivity index (χ4v) is 2.20. The van der Waals surface area contributed by atoms with E-state index in [2.05, 4.69) is 4.90 Å². The van der Waals surface area contributed by atoms with Gasteiger partial charge in [0, 0.05) is 30.9 Å². The van der Waals surface area contributed by atoms with Gasteiger partial charge in [0.05, 0.1) is 6.61 Å². The first-order valence-corrected chi connectivity index (χ1v) is 6.39. The average Bonchev–Trinajstić information content (AvgIpc) is 3.15. The van der Waals surface area contributed by atoms with Crippen molar-refractivity contribution in [2.45, 2.75) is 18.9 Å². The second kappa shape index (κ2) is 5.63. The lowest BCUT2D eigenvalue weighted by Crippen LogP contribution is -2.31. The van der Waals surface area contributed by atoms with E-state index in [9.17, 15) is 4.39 Å². The van der Waals surface area contributed by atoms with Crippen LogP contribution >= 0.6 is 12.2 Å². The molecule has 0 atom stereocenters. The van der Waals surface area contributed by atoms with E-state index in [1.165, 1.54) is 12.1 Å². The smallest absolute Gasteiger partial charge is 0.124 e. The highest BCUT2D eigenvalue weighted by Gasteiger charge is 2.30. The van der Waals surface area contributed by atoms with E-state index < -0.39 is 0 Å². The van der Waals surface area contributed by atoms with Crippen molar-refractivity contribution < 1.29 is 9.13 Å². The molecule has 1 fully saturated rings. The predicted molar refractivity (Wildman–Crippen MR) is 74.5 cm³/mol. The Balaban J connectivity index is 2.30. The van der Waals surface area contributed by atoms with Gasteiger partial charge in [-0.25, -0.2) is 4.39 Å². The van der Waals surface area contributed by atoms with Crippen LogP contribution in [0.1, 0.15) is 18.4 Å². The van der Waals surface area contributed by atoms with Gasteiger partial charge in [-0.05, 0) is 31.0 Å². The quantitative estimate of drug-likeness (QED) is 0.802. The lowest BCUT2D eigenvalue weighted by molar-refractivity contribution is 0.205. The number of anilines is 1. The first-order valence-electron chi connectivity index (χ1n) is 5.98. The van der Waals surface area contributed by atoms with Gasteiger partial charge in [0.15, 0.2) is 0 Å². The number of hydrogen-bond acceptors (Lipinski definition) is 3. The monoisotopic (exact) mass is 268 g/mol. The van der Waals surface area contributed by atoms with Crippen LogP contribution in [0.5, 0.6) is 0 Å². The molecule has 0 bridgehead atoms. The number of nitrogens with two attached hydrogens (primary N) is 1. The number of ether oxygens (including phenoxy) is 1. The van der Waals surface area contributed by atoms with Crippen LogP contribution in [0.4, 0.5) is 10.1 Å². The van der Waals surface area contributed by atoms with Crippen molar-refractivity contribution in [3.8, 4) is 0 Å². The number of halogens is 1. The summed E-state index contributed by atoms with van der Waals surface area (Å²) >= 11 is 5.00. The van der Waals surface area contributed by atoms with E-state index in [1.807, 2.05) is 0 Å². The number of methoxy groups -OCH3 is 1. The second-order valence-corrected chi connectivity index (χ2v) is 4.88. The SMILES string of the molecule is COCCN(c1ccc(F)cc1C(N)=S)C1CC1. The lowest BCUT2D eigenvalue weighted by atomic mass is 10.1. The second-order valence-electron chi connectivity index (χ2n) is 4.44. The lowest BCUT2D eigenvalue weighted by Gasteiger charge is -2.26. The highest BCUT2D eigenvalue weighted by Crippen LogP contribution is 2.33. The van der Waals surface area contributed by atoms with Gasteiger partial charge in [-0.2, -0.15) is 0 Å². The van der Waals surface area contributed by atoms with Crippen molar-refractivity contribution >= 4 is 22.9 Å². The van der Waals surface area contributed by atoms with Crippen LogP contribution in [0.3, 0.4) is 0 Å². The standard InChI is InChI=1S/C13H17FN2OS/c1-17-7-6-16(10-3-4-10)12-5-2-9(14)8-11(12)13(15)18/h2,5,8,10H,3-4,6-7H2,1H3,(H2,15,18). The summed E-state index contributed by atoms with van der Waals surface area (Å²) in [5, 5.41) is 0. The number of benzene rings is 1. The third kappa shape index (κ3) is 2.97. The van der Waals surface area contributed by atoms with Crippen LogP contribution < -0.4 is 10.6 Å². The molecule has 0 unspecified atom stereocenters. The Hall–Kier alpha value is -1.20. The molecule has 18 heavy (non-hydrogen) atoms. The summed E-state index contributed by atoms with van der Waals surface area (Å²) in [5.41, 5.74) is 7.19. The van der Waals surface area contributed by atoms with Crippen LogP contribution in [0.25, 0.3) is 0 Å². The molecule has 3 nitrogen and oxygen atoms in total. The molecular weight excluding hydrogens is 251 g/mol. The van der Waals surface area contributed by atoms with Gasteiger partial charge in [-0.1, -0.05) is 12.2 Å². The Morgan fingerprint density at radius 3 is 2.83 bits per heavy atom. The molecule has 0 saturated heterocycles. The number of thiocarbonyl (C=S) groups is 1. The van der Waals surface area contributed by atoms with E-state index in [0.717, 1.165) is 25.1 Å². The van der Waals surface area contributed by atoms with Crippen LogP contribution in [-0.2, 0) is 4.74 Å². The van der Waals surface area contributed by atoms with Crippen LogP contribution in [0, 0.1) is 5.82 Å². The zero-order valence-corrected chi connectivity index (χ0v) is 11.2. The minimum atomic E-state index is -0.316. The molecule has 2 rings (SSSR count). The van der Waals surface area contributed by atoms with Gasteiger partial charge in [-0.15, -0.1) is 0 Å². The highest BCUT2D eigenvalue weighted by atomic mass is 32.1. The van der Waals surface area contributed by atoms with Gasteiger partial charge in [0.1, 0.15) is 10.8 Å². The first-order chi connectivity index (χ1) is 8.63. The molecule has 0 heterocycles. The Morgan fingerprint density at radius 2 is 2.28 bits per heavy atom. The van der Waals surface area contributed by atoms with E-state index >= 15 is 0 Å². The summed E-state index contributed by atoms with van der Waals surface area (Å²) in [4.78, 5) is 2.44. The first kappa shape index (κ1) is 13.2. The van der Waals surface area contributed by atoms with Crippen LogP contribution in [-0.4, -0.2) is 31.3 Å². The third-order valence-electron chi connectivity index (χ3n) is 3.06.